The van der Waals surface area contributed by atoms with E-state index in [0.717, 1.165) is 38.0 Å². The van der Waals surface area contributed by atoms with Gasteiger partial charge in [-0.1, -0.05) is 30.3 Å². The topological polar surface area (TPSA) is 67.6 Å². The van der Waals surface area contributed by atoms with Crippen molar-refractivity contribution in [2.24, 2.45) is 5.73 Å². The minimum Gasteiger partial charge on any atom is -0.444 e. The first-order valence-corrected chi connectivity index (χ1v) is 8.37. The molecule has 0 aromatic heterocycles. The van der Waals surface area contributed by atoms with Gasteiger partial charge in [-0.05, 0) is 39.2 Å². The van der Waals surface area contributed by atoms with Crippen LogP contribution in [0.3, 0.4) is 0 Å². The Morgan fingerprint density at radius 3 is 2.48 bits per heavy atom. The molecule has 23 heavy (non-hydrogen) atoms. The average Bonchev–Trinajstić information content (AvgIpc) is 2.52. The van der Waals surface area contributed by atoms with Gasteiger partial charge >= 0.3 is 6.09 Å². The summed E-state index contributed by atoms with van der Waals surface area (Å²) < 4.78 is 5.42. The SMILES string of the molecule is CC(C)(C)OC(=O)N1CCC(NCC(N)c2ccccc2)CC1. The van der Waals surface area contributed by atoms with Crippen molar-refractivity contribution in [3.05, 3.63) is 35.9 Å². The molecule has 0 radical (unpaired) electrons. The summed E-state index contributed by atoms with van der Waals surface area (Å²) in [5, 5.41) is 3.52. The number of ether oxygens (including phenoxy) is 1. The van der Waals surface area contributed by atoms with E-state index in [0.29, 0.717) is 6.04 Å². The quantitative estimate of drug-likeness (QED) is 0.895. The molecule has 5 nitrogen and oxygen atoms in total. The minimum absolute atomic E-state index is 0.0000791. The molecule has 1 atom stereocenters. The number of benzene rings is 1. The Hall–Kier alpha value is -1.59. The van der Waals surface area contributed by atoms with Gasteiger partial charge in [-0.2, -0.15) is 0 Å². The highest BCUT2D eigenvalue weighted by molar-refractivity contribution is 5.68. The van der Waals surface area contributed by atoms with Crippen molar-refractivity contribution in [3.63, 3.8) is 0 Å². The molecule has 0 saturated carbocycles. The van der Waals surface area contributed by atoms with Gasteiger partial charge in [-0.25, -0.2) is 4.79 Å². The summed E-state index contributed by atoms with van der Waals surface area (Å²) in [5.41, 5.74) is 6.92. The number of hydrogen-bond donors (Lipinski definition) is 2. The van der Waals surface area contributed by atoms with E-state index in [1.54, 1.807) is 4.90 Å². The second-order valence-electron chi connectivity index (χ2n) is 7.17. The van der Waals surface area contributed by atoms with Crippen LogP contribution in [0.4, 0.5) is 4.79 Å². The number of piperidine rings is 1. The lowest BCUT2D eigenvalue weighted by molar-refractivity contribution is 0.0198. The molecule has 0 aliphatic carbocycles. The van der Waals surface area contributed by atoms with Crippen molar-refractivity contribution < 1.29 is 9.53 Å². The maximum absolute atomic E-state index is 12.0. The van der Waals surface area contributed by atoms with Crippen LogP contribution in [0.1, 0.15) is 45.2 Å². The van der Waals surface area contributed by atoms with Crippen LogP contribution in [0.25, 0.3) is 0 Å². The van der Waals surface area contributed by atoms with Gasteiger partial charge in [-0.15, -0.1) is 0 Å². The van der Waals surface area contributed by atoms with E-state index >= 15 is 0 Å². The Kier molecular flexibility index (Phi) is 6.02. The second-order valence-corrected chi connectivity index (χ2v) is 7.17. The Bertz CT molecular complexity index is 491. The zero-order valence-corrected chi connectivity index (χ0v) is 14.4. The van der Waals surface area contributed by atoms with Gasteiger partial charge in [0.05, 0.1) is 0 Å². The van der Waals surface area contributed by atoms with Gasteiger partial charge in [0.25, 0.3) is 0 Å². The van der Waals surface area contributed by atoms with Crippen LogP contribution >= 0.6 is 0 Å². The van der Waals surface area contributed by atoms with Crippen LogP contribution in [0.2, 0.25) is 0 Å². The van der Waals surface area contributed by atoms with E-state index in [2.05, 4.69) is 17.4 Å². The number of likely N-dealkylation sites (tertiary alicyclic amines) is 1. The minimum atomic E-state index is -0.436. The van der Waals surface area contributed by atoms with Crippen LogP contribution in [0.5, 0.6) is 0 Å². The molecule has 1 amide bonds. The molecular weight excluding hydrogens is 290 g/mol. The zero-order valence-electron chi connectivity index (χ0n) is 14.4. The number of rotatable bonds is 4. The van der Waals surface area contributed by atoms with E-state index in [1.807, 2.05) is 39.0 Å². The largest absolute Gasteiger partial charge is 0.444 e. The van der Waals surface area contributed by atoms with Crippen LogP contribution in [-0.2, 0) is 4.74 Å². The summed E-state index contributed by atoms with van der Waals surface area (Å²) in [6, 6.07) is 10.5. The van der Waals surface area contributed by atoms with Gasteiger partial charge in [0, 0.05) is 31.7 Å². The molecule has 3 N–H and O–H groups in total. The molecule has 2 rings (SSSR count). The lowest BCUT2D eigenvalue weighted by Crippen LogP contribution is -2.47. The average molecular weight is 319 g/mol. The number of nitrogens with zero attached hydrogens (tertiary/aromatic N) is 1. The number of nitrogens with one attached hydrogen (secondary N) is 1. The lowest BCUT2D eigenvalue weighted by Gasteiger charge is -2.34. The summed E-state index contributed by atoms with van der Waals surface area (Å²) in [4.78, 5) is 13.8. The van der Waals surface area contributed by atoms with Crippen molar-refractivity contribution in [2.75, 3.05) is 19.6 Å². The standard InChI is InChI=1S/C18H29N3O2/c1-18(2,3)23-17(22)21-11-9-15(10-12-21)20-13-16(19)14-7-5-4-6-8-14/h4-8,15-16,20H,9-13,19H2,1-3H3. The maximum atomic E-state index is 12.0. The van der Waals surface area contributed by atoms with Gasteiger partial charge < -0.3 is 20.7 Å². The predicted octanol–water partition coefficient (Wildman–Crippen LogP) is 2.68. The van der Waals surface area contributed by atoms with E-state index < -0.39 is 5.60 Å². The highest BCUT2D eigenvalue weighted by atomic mass is 16.6. The third kappa shape index (κ3) is 5.84. The fourth-order valence-electron chi connectivity index (χ4n) is 2.70. The highest BCUT2D eigenvalue weighted by Crippen LogP contribution is 2.16. The Balaban J connectivity index is 1.72. The molecule has 1 aliphatic rings. The maximum Gasteiger partial charge on any atom is 0.410 e. The number of amides is 1. The van der Waals surface area contributed by atoms with E-state index in [1.165, 1.54) is 0 Å². The van der Waals surface area contributed by atoms with Crippen molar-refractivity contribution in [1.82, 2.24) is 10.2 Å². The first-order chi connectivity index (χ1) is 10.8. The zero-order chi connectivity index (χ0) is 16.9. The van der Waals surface area contributed by atoms with Gasteiger partial charge in [0.15, 0.2) is 0 Å². The molecule has 0 spiro atoms. The fraction of sp³-hybridized carbons (Fsp3) is 0.611. The first kappa shape index (κ1) is 17.8. The molecule has 128 valence electrons. The van der Waals surface area contributed by atoms with E-state index in [-0.39, 0.29) is 12.1 Å². The van der Waals surface area contributed by atoms with Crippen molar-refractivity contribution in [1.29, 1.82) is 0 Å². The van der Waals surface area contributed by atoms with Crippen molar-refractivity contribution in [3.8, 4) is 0 Å². The molecule has 1 aromatic carbocycles. The van der Waals surface area contributed by atoms with Crippen molar-refractivity contribution >= 4 is 6.09 Å². The van der Waals surface area contributed by atoms with E-state index in [9.17, 15) is 4.79 Å². The van der Waals surface area contributed by atoms with Gasteiger partial charge in [0.1, 0.15) is 5.60 Å². The van der Waals surface area contributed by atoms with Crippen LogP contribution in [0, 0.1) is 0 Å². The Morgan fingerprint density at radius 2 is 1.91 bits per heavy atom. The smallest absolute Gasteiger partial charge is 0.410 e. The molecule has 1 unspecified atom stereocenters. The lowest BCUT2D eigenvalue weighted by atomic mass is 10.0. The third-order valence-corrected chi connectivity index (χ3v) is 4.00. The molecule has 1 saturated heterocycles. The summed E-state index contributed by atoms with van der Waals surface area (Å²) in [7, 11) is 0. The molecule has 1 aromatic rings. The Labute approximate surface area is 139 Å². The molecule has 1 fully saturated rings. The van der Waals surface area contributed by atoms with Gasteiger partial charge in [-0.3, -0.25) is 0 Å². The molecule has 0 bridgehead atoms. The Morgan fingerprint density at radius 1 is 1.30 bits per heavy atom. The summed E-state index contributed by atoms with van der Waals surface area (Å²) in [6.45, 7) is 7.89. The molecule has 1 heterocycles. The second kappa shape index (κ2) is 7.79. The first-order valence-electron chi connectivity index (χ1n) is 8.37. The molecule has 1 aliphatic heterocycles. The van der Waals surface area contributed by atoms with Crippen LogP contribution in [-0.4, -0.2) is 42.3 Å². The highest BCUT2D eigenvalue weighted by Gasteiger charge is 2.26. The third-order valence-electron chi connectivity index (χ3n) is 4.00. The van der Waals surface area contributed by atoms with Crippen LogP contribution in [0.15, 0.2) is 30.3 Å². The molecular formula is C18H29N3O2. The summed E-state index contributed by atoms with van der Waals surface area (Å²) >= 11 is 0. The predicted molar refractivity (Wildman–Crippen MR) is 92.2 cm³/mol. The number of hydrogen-bond acceptors (Lipinski definition) is 4. The summed E-state index contributed by atoms with van der Waals surface area (Å²) in [6.07, 6.45) is 1.65. The van der Waals surface area contributed by atoms with E-state index in [4.69, 9.17) is 10.5 Å². The summed E-state index contributed by atoms with van der Waals surface area (Å²) in [5.74, 6) is 0. The molecule has 5 heteroatoms. The number of carbonyl (C=O) groups excluding carboxylic acids is 1. The number of nitrogens with two attached hydrogens (primary N) is 1. The fourth-order valence-corrected chi connectivity index (χ4v) is 2.70. The monoisotopic (exact) mass is 319 g/mol. The van der Waals surface area contributed by atoms with Crippen molar-refractivity contribution in [2.45, 2.75) is 51.3 Å². The van der Waals surface area contributed by atoms with Gasteiger partial charge in [0.2, 0.25) is 0 Å². The van der Waals surface area contributed by atoms with Crippen LogP contribution < -0.4 is 11.1 Å². The number of carbonyl (C=O) groups is 1. The normalized spacial score (nSPS) is 17.8.